The van der Waals surface area contributed by atoms with Crippen LogP contribution in [0.3, 0.4) is 0 Å². The molecule has 0 radical (unpaired) electrons. The summed E-state index contributed by atoms with van der Waals surface area (Å²) in [6, 6.07) is 15.1. The topological polar surface area (TPSA) is 55.4 Å². The van der Waals surface area contributed by atoms with E-state index in [1.54, 1.807) is 13.2 Å². The van der Waals surface area contributed by atoms with Gasteiger partial charge in [0.2, 0.25) is 0 Å². The first-order valence-electron chi connectivity index (χ1n) is 9.68. The van der Waals surface area contributed by atoms with Crippen LogP contribution < -0.4 is 10.1 Å². The predicted octanol–water partition coefficient (Wildman–Crippen LogP) is 4.50. The second-order valence-electron chi connectivity index (χ2n) is 7.38. The summed E-state index contributed by atoms with van der Waals surface area (Å²) in [6.07, 6.45) is 3.67. The van der Waals surface area contributed by atoms with Crippen LogP contribution in [0.4, 0.5) is 0 Å². The normalized spacial score (nSPS) is 24.0. The van der Waals surface area contributed by atoms with Crippen LogP contribution in [-0.4, -0.2) is 26.8 Å². The zero-order chi connectivity index (χ0) is 19.5. The third kappa shape index (κ3) is 4.04. The summed E-state index contributed by atoms with van der Waals surface area (Å²) in [7, 11) is -1.72. The molecule has 0 bridgehead atoms. The van der Waals surface area contributed by atoms with Crippen LogP contribution in [0.2, 0.25) is 0 Å². The average molecular weight is 388 g/mol. The van der Waals surface area contributed by atoms with Crippen molar-refractivity contribution in [2.45, 2.75) is 56.0 Å². The van der Waals surface area contributed by atoms with E-state index >= 15 is 0 Å². The van der Waals surface area contributed by atoms with Crippen LogP contribution in [0.5, 0.6) is 5.75 Å². The number of rotatable bonds is 6. The van der Waals surface area contributed by atoms with Crippen molar-refractivity contribution >= 4 is 9.84 Å². The van der Waals surface area contributed by atoms with E-state index in [2.05, 4.69) is 19.2 Å². The van der Waals surface area contributed by atoms with Gasteiger partial charge in [-0.05, 0) is 42.2 Å². The Morgan fingerprint density at radius 1 is 1.11 bits per heavy atom. The molecule has 0 aromatic heterocycles. The summed E-state index contributed by atoms with van der Waals surface area (Å²) in [4.78, 5) is 0.449. The molecule has 1 N–H and O–H groups in total. The minimum absolute atomic E-state index is 0.139. The largest absolute Gasteiger partial charge is 0.497 e. The third-order valence-electron chi connectivity index (χ3n) is 5.62. The van der Waals surface area contributed by atoms with E-state index in [0.29, 0.717) is 4.90 Å². The highest BCUT2D eigenvalue weighted by Gasteiger charge is 2.41. The summed E-state index contributed by atoms with van der Waals surface area (Å²) in [5, 5.41) is 3.76. The molecule has 0 saturated heterocycles. The Morgan fingerprint density at radius 3 is 2.44 bits per heavy atom. The Kier molecular flexibility index (Phi) is 5.92. The Balaban J connectivity index is 2.15. The molecule has 0 spiro atoms. The maximum atomic E-state index is 13.2. The number of ether oxygens (including phenoxy) is 1. The fraction of sp³-hybridized carbons (Fsp3) is 0.455. The summed E-state index contributed by atoms with van der Waals surface area (Å²) in [5.74, 6) is 0.932. The van der Waals surface area contributed by atoms with Gasteiger partial charge in [0, 0.05) is 5.54 Å². The number of nitrogens with one attached hydrogen (secondary N) is 1. The van der Waals surface area contributed by atoms with Gasteiger partial charge in [0.05, 0.1) is 23.8 Å². The molecule has 2 aromatic rings. The number of hydrogen-bond acceptors (Lipinski definition) is 4. The molecule has 0 unspecified atom stereocenters. The average Bonchev–Trinajstić information content (AvgIpc) is 2.79. The SMILES string of the molecule is CCCC[C@@]1(CC)CS(=O)(=O)c2ccccc2[C@@H](c2ccc(OC)cc2)N1. The standard InChI is InChI=1S/C22H29NO3S/c1-4-6-15-22(5-2)16-27(24,25)20-10-8-7-9-19(20)21(23-22)17-11-13-18(26-3)14-12-17/h7-14,21,23H,4-6,15-16H2,1-3H3/t21-,22+/m1/s1. The van der Waals surface area contributed by atoms with E-state index in [1.165, 1.54) is 0 Å². The summed E-state index contributed by atoms with van der Waals surface area (Å²) in [6.45, 7) is 4.23. The van der Waals surface area contributed by atoms with Crippen molar-refractivity contribution in [2.75, 3.05) is 12.9 Å². The number of fused-ring (bicyclic) bond motifs is 1. The van der Waals surface area contributed by atoms with Gasteiger partial charge in [-0.25, -0.2) is 8.42 Å². The lowest BCUT2D eigenvalue weighted by molar-refractivity contribution is 0.295. The van der Waals surface area contributed by atoms with Gasteiger partial charge in [0.25, 0.3) is 0 Å². The van der Waals surface area contributed by atoms with Gasteiger partial charge in [-0.1, -0.05) is 57.0 Å². The molecule has 1 aliphatic heterocycles. The number of unbranched alkanes of at least 4 members (excludes halogenated alkanes) is 1. The van der Waals surface area contributed by atoms with Crippen LogP contribution in [0.25, 0.3) is 0 Å². The molecule has 0 saturated carbocycles. The van der Waals surface area contributed by atoms with Crippen molar-refractivity contribution < 1.29 is 13.2 Å². The molecule has 146 valence electrons. The number of hydrogen-bond donors (Lipinski definition) is 1. The van der Waals surface area contributed by atoms with E-state index in [1.807, 2.05) is 42.5 Å². The van der Waals surface area contributed by atoms with Crippen LogP contribution >= 0.6 is 0 Å². The molecule has 1 aliphatic rings. The van der Waals surface area contributed by atoms with Crippen molar-refractivity contribution in [1.29, 1.82) is 0 Å². The second-order valence-corrected chi connectivity index (χ2v) is 9.34. The lowest BCUT2D eigenvalue weighted by Crippen LogP contribution is -2.50. The van der Waals surface area contributed by atoms with Crippen molar-refractivity contribution in [3.8, 4) is 5.75 Å². The number of benzene rings is 2. The van der Waals surface area contributed by atoms with Gasteiger partial charge in [-0.2, -0.15) is 0 Å². The minimum Gasteiger partial charge on any atom is -0.497 e. The van der Waals surface area contributed by atoms with E-state index in [4.69, 9.17) is 4.74 Å². The van der Waals surface area contributed by atoms with Gasteiger partial charge < -0.3 is 4.74 Å². The molecule has 1 heterocycles. The summed E-state index contributed by atoms with van der Waals surface area (Å²) in [5.41, 5.74) is 1.45. The minimum atomic E-state index is -3.37. The molecule has 2 atom stereocenters. The Bertz CT molecular complexity index is 877. The molecule has 2 aromatic carbocycles. The van der Waals surface area contributed by atoms with Crippen LogP contribution in [0.1, 0.15) is 56.7 Å². The Morgan fingerprint density at radius 2 is 1.81 bits per heavy atom. The van der Waals surface area contributed by atoms with Gasteiger partial charge in [-0.3, -0.25) is 5.32 Å². The predicted molar refractivity (Wildman–Crippen MR) is 109 cm³/mol. The summed E-state index contributed by atoms with van der Waals surface area (Å²) >= 11 is 0. The maximum absolute atomic E-state index is 13.2. The van der Waals surface area contributed by atoms with Gasteiger partial charge in [-0.15, -0.1) is 0 Å². The molecule has 4 nitrogen and oxygen atoms in total. The molecule has 5 heteroatoms. The number of methoxy groups -OCH3 is 1. The fourth-order valence-electron chi connectivity index (χ4n) is 3.97. The van der Waals surface area contributed by atoms with E-state index < -0.39 is 15.4 Å². The van der Waals surface area contributed by atoms with Gasteiger partial charge >= 0.3 is 0 Å². The second kappa shape index (κ2) is 8.03. The molecule has 0 amide bonds. The van der Waals surface area contributed by atoms with Crippen LogP contribution in [0, 0.1) is 0 Å². The first-order chi connectivity index (χ1) is 12.9. The Hall–Kier alpha value is -1.85. The highest BCUT2D eigenvalue weighted by atomic mass is 32.2. The van der Waals surface area contributed by atoms with Crippen molar-refractivity contribution in [2.24, 2.45) is 0 Å². The summed E-state index contributed by atoms with van der Waals surface area (Å²) < 4.78 is 31.8. The van der Waals surface area contributed by atoms with E-state index in [-0.39, 0.29) is 11.8 Å². The lowest BCUT2D eigenvalue weighted by atomic mass is 9.88. The molecular weight excluding hydrogens is 358 g/mol. The van der Waals surface area contributed by atoms with Crippen molar-refractivity contribution in [3.05, 3.63) is 59.7 Å². The third-order valence-corrected chi connectivity index (χ3v) is 7.59. The molecular formula is C22H29NO3S. The first-order valence-corrected chi connectivity index (χ1v) is 11.3. The van der Waals surface area contributed by atoms with Crippen molar-refractivity contribution in [3.63, 3.8) is 0 Å². The zero-order valence-electron chi connectivity index (χ0n) is 16.4. The zero-order valence-corrected chi connectivity index (χ0v) is 17.2. The molecule has 27 heavy (non-hydrogen) atoms. The van der Waals surface area contributed by atoms with Gasteiger partial charge in [0.15, 0.2) is 9.84 Å². The van der Waals surface area contributed by atoms with Crippen LogP contribution in [-0.2, 0) is 9.84 Å². The lowest BCUT2D eigenvalue weighted by Gasteiger charge is -2.36. The highest BCUT2D eigenvalue weighted by molar-refractivity contribution is 7.91. The monoisotopic (exact) mass is 387 g/mol. The molecule has 0 aliphatic carbocycles. The molecule has 3 rings (SSSR count). The first kappa shape index (κ1) is 19.9. The number of sulfone groups is 1. The maximum Gasteiger partial charge on any atom is 0.180 e. The van der Waals surface area contributed by atoms with E-state index in [9.17, 15) is 8.42 Å². The van der Waals surface area contributed by atoms with Crippen LogP contribution in [0.15, 0.2) is 53.4 Å². The van der Waals surface area contributed by atoms with Crippen molar-refractivity contribution in [1.82, 2.24) is 5.32 Å². The Labute approximate surface area is 162 Å². The van der Waals surface area contributed by atoms with E-state index in [0.717, 1.165) is 42.6 Å². The quantitative estimate of drug-likeness (QED) is 0.793. The smallest absolute Gasteiger partial charge is 0.180 e. The molecule has 0 fully saturated rings. The highest BCUT2D eigenvalue weighted by Crippen LogP contribution is 2.38. The van der Waals surface area contributed by atoms with Gasteiger partial charge in [0.1, 0.15) is 5.75 Å². The fourth-order valence-corrected chi connectivity index (χ4v) is 6.11.